The summed E-state index contributed by atoms with van der Waals surface area (Å²) in [6, 6.07) is 11.2. The van der Waals surface area contributed by atoms with Crippen molar-refractivity contribution in [2.75, 3.05) is 12.4 Å². The Morgan fingerprint density at radius 2 is 2.07 bits per heavy atom. The third-order valence-electron chi connectivity index (χ3n) is 4.20. The number of hydrogen-bond acceptors (Lipinski definition) is 5. The summed E-state index contributed by atoms with van der Waals surface area (Å²) in [7, 11) is 1.60. The zero-order valence-corrected chi connectivity index (χ0v) is 16.4. The van der Waals surface area contributed by atoms with E-state index in [-0.39, 0.29) is 0 Å². The van der Waals surface area contributed by atoms with E-state index in [2.05, 4.69) is 15.4 Å². The molecule has 142 valence electrons. The predicted octanol–water partition coefficient (Wildman–Crippen LogP) is 4.29. The molecule has 6 nitrogen and oxygen atoms in total. The van der Waals surface area contributed by atoms with Crippen molar-refractivity contribution in [3.63, 3.8) is 0 Å². The fraction of sp³-hybridized carbons (Fsp3) is 0.300. The molecule has 2 heterocycles. The molecule has 0 amide bonds. The molecule has 0 saturated heterocycles. The van der Waals surface area contributed by atoms with Gasteiger partial charge in [-0.15, -0.1) is 5.10 Å². The minimum absolute atomic E-state index is 0.428. The molecule has 2 aromatic heterocycles. The number of anilines is 2. The zero-order valence-electron chi connectivity index (χ0n) is 15.6. The maximum atomic E-state index is 10.1. The maximum absolute atomic E-state index is 10.1. The molecule has 0 unspecified atom stereocenters. The van der Waals surface area contributed by atoms with Crippen LogP contribution in [0.25, 0.3) is 5.69 Å². The van der Waals surface area contributed by atoms with Crippen LogP contribution < -0.4 is 10.1 Å². The molecule has 27 heavy (non-hydrogen) atoms. The molecule has 1 atom stereocenters. The summed E-state index contributed by atoms with van der Waals surface area (Å²) in [4.78, 5) is 4.24. The summed E-state index contributed by atoms with van der Waals surface area (Å²) in [5.41, 5.74) is 3.49. The van der Waals surface area contributed by atoms with Crippen LogP contribution in [-0.2, 0) is 6.42 Å². The first-order chi connectivity index (χ1) is 13.0. The minimum atomic E-state index is -0.428. The van der Waals surface area contributed by atoms with Crippen molar-refractivity contribution in [1.29, 1.82) is 0 Å². The van der Waals surface area contributed by atoms with Crippen LogP contribution in [-0.4, -0.2) is 33.1 Å². The summed E-state index contributed by atoms with van der Waals surface area (Å²) in [5, 5.41) is 18.6. The van der Waals surface area contributed by atoms with Crippen molar-refractivity contribution in [3.05, 3.63) is 59.0 Å². The number of nitrogens with zero attached hydrogens (tertiary/aromatic N) is 3. The van der Waals surface area contributed by atoms with Gasteiger partial charge in [-0.05, 0) is 37.6 Å². The third-order valence-corrected chi connectivity index (χ3v) is 4.42. The van der Waals surface area contributed by atoms with Gasteiger partial charge in [0.05, 0.1) is 18.9 Å². The fourth-order valence-electron chi connectivity index (χ4n) is 2.80. The van der Waals surface area contributed by atoms with E-state index >= 15 is 0 Å². The molecule has 0 spiro atoms. The van der Waals surface area contributed by atoms with Gasteiger partial charge >= 0.3 is 0 Å². The van der Waals surface area contributed by atoms with E-state index in [0.717, 1.165) is 22.8 Å². The van der Waals surface area contributed by atoms with Crippen molar-refractivity contribution in [3.8, 4) is 11.4 Å². The van der Waals surface area contributed by atoms with Gasteiger partial charge in [-0.2, -0.15) is 0 Å². The van der Waals surface area contributed by atoms with Crippen molar-refractivity contribution in [1.82, 2.24) is 14.8 Å². The number of hydrogen-bond donors (Lipinski definition) is 2. The standard InChI is InChI=1S/C20H23ClN4O2/c1-4-18(26)11-17-12-20(23-15-8-14(21)9-19(10-15)27-3)24-25(17)16-5-6-22-13(2)7-16/h5-10,12,18,26H,4,11H2,1-3H3,(H,23,24)/t18-/m1/s1. The molecule has 0 saturated carbocycles. The summed E-state index contributed by atoms with van der Waals surface area (Å²) in [6.07, 6.45) is 2.50. The number of rotatable bonds is 7. The van der Waals surface area contributed by atoms with Gasteiger partial charge in [0.15, 0.2) is 5.82 Å². The van der Waals surface area contributed by atoms with Crippen LogP contribution in [0.2, 0.25) is 5.02 Å². The summed E-state index contributed by atoms with van der Waals surface area (Å²) >= 11 is 6.15. The van der Waals surface area contributed by atoms with E-state index < -0.39 is 6.10 Å². The first kappa shape index (κ1) is 19.2. The lowest BCUT2D eigenvalue weighted by Crippen LogP contribution is -2.12. The molecular weight excluding hydrogens is 364 g/mol. The Labute approximate surface area is 163 Å². The second kappa shape index (κ2) is 8.41. The smallest absolute Gasteiger partial charge is 0.153 e. The minimum Gasteiger partial charge on any atom is -0.497 e. The first-order valence-electron chi connectivity index (χ1n) is 8.80. The highest BCUT2D eigenvalue weighted by Crippen LogP contribution is 2.27. The molecule has 1 aromatic carbocycles. The van der Waals surface area contributed by atoms with Crippen LogP contribution in [0.5, 0.6) is 5.75 Å². The van der Waals surface area contributed by atoms with Gasteiger partial charge < -0.3 is 15.2 Å². The Morgan fingerprint density at radius 3 is 2.78 bits per heavy atom. The number of aliphatic hydroxyl groups excluding tert-OH is 1. The van der Waals surface area contributed by atoms with Gasteiger partial charge in [-0.3, -0.25) is 4.98 Å². The second-order valence-electron chi connectivity index (χ2n) is 6.36. The molecule has 0 aliphatic rings. The molecule has 0 fully saturated rings. The fourth-order valence-corrected chi connectivity index (χ4v) is 3.02. The van der Waals surface area contributed by atoms with E-state index in [4.69, 9.17) is 16.3 Å². The van der Waals surface area contributed by atoms with Crippen molar-refractivity contribution in [2.24, 2.45) is 0 Å². The van der Waals surface area contributed by atoms with Crippen molar-refractivity contribution in [2.45, 2.75) is 32.8 Å². The summed E-state index contributed by atoms with van der Waals surface area (Å²) in [5.74, 6) is 1.32. The number of benzene rings is 1. The van der Waals surface area contributed by atoms with Gasteiger partial charge in [-0.25, -0.2) is 4.68 Å². The Hall–Kier alpha value is -2.57. The Kier molecular flexibility index (Phi) is 5.98. The van der Waals surface area contributed by atoms with Crippen LogP contribution in [0.1, 0.15) is 24.7 Å². The number of methoxy groups -OCH3 is 1. The number of aromatic nitrogens is 3. The lowest BCUT2D eigenvalue weighted by Gasteiger charge is -2.10. The highest BCUT2D eigenvalue weighted by atomic mass is 35.5. The molecule has 0 aliphatic carbocycles. The molecule has 0 radical (unpaired) electrons. The Bertz CT molecular complexity index is 926. The molecule has 3 aromatic rings. The van der Waals surface area contributed by atoms with Gasteiger partial charge in [-0.1, -0.05) is 18.5 Å². The van der Waals surface area contributed by atoms with Gasteiger partial charge in [0, 0.05) is 46.8 Å². The number of pyridine rings is 1. The lowest BCUT2D eigenvalue weighted by atomic mass is 10.1. The number of aryl methyl sites for hydroxylation is 1. The van der Waals surface area contributed by atoms with E-state index in [1.54, 1.807) is 25.4 Å². The Balaban J connectivity index is 1.97. The van der Waals surface area contributed by atoms with Crippen LogP contribution >= 0.6 is 11.6 Å². The molecule has 3 rings (SSSR count). The largest absolute Gasteiger partial charge is 0.497 e. The van der Waals surface area contributed by atoms with Gasteiger partial charge in [0.1, 0.15) is 5.75 Å². The first-order valence-corrected chi connectivity index (χ1v) is 9.18. The van der Waals surface area contributed by atoms with Crippen LogP contribution in [0, 0.1) is 6.92 Å². The van der Waals surface area contributed by atoms with Crippen LogP contribution in [0.15, 0.2) is 42.6 Å². The van der Waals surface area contributed by atoms with Gasteiger partial charge in [0.25, 0.3) is 0 Å². The number of aliphatic hydroxyl groups is 1. The maximum Gasteiger partial charge on any atom is 0.153 e. The SMILES string of the molecule is CC[C@@H](O)Cc1cc(Nc2cc(Cl)cc(OC)c2)nn1-c1ccnc(C)c1. The average molecular weight is 387 g/mol. The predicted molar refractivity (Wildman–Crippen MR) is 107 cm³/mol. The van der Waals surface area contributed by atoms with Crippen LogP contribution in [0.3, 0.4) is 0 Å². The molecule has 0 aliphatic heterocycles. The van der Waals surface area contributed by atoms with Crippen LogP contribution in [0.4, 0.5) is 11.5 Å². The molecule has 2 N–H and O–H groups in total. The molecule has 0 bridgehead atoms. The normalized spacial score (nSPS) is 12.0. The highest BCUT2D eigenvalue weighted by molar-refractivity contribution is 6.31. The van der Waals surface area contributed by atoms with Crippen molar-refractivity contribution >= 4 is 23.1 Å². The lowest BCUT2D eigenvalue weighted by molar-refractivity contribution is 0.169. The second-order valence-corrected chi connectivity index (χ2v) is 6.80. The molecule has 7 heteroatoms. The highest BCUT2D eigenvalue weighted by Gasteiger charge is 2.14. The van der Waals surface area contributed by atoms with E-state index in [0.29, 0.717) is 29.4 Å². The Morgan fingerprint density at radius 1 is 1.26 bits per heavy atom. The van der Waals surface area contributed by atoms with Crippen molar-refractivity contribution < 1.29 is 9.84 Å². The summed E-state index contributed by atoms with van der Waals surface area (Å²) < 4.78 is 7.09. The quantitative estimate of drug-likeness (QED) is 0.633. The summed E-state index contributed by atoms with van der Waals surface area (Å²) in [6.45, 7) is 3.89. The number of nitrogens with one attached hydrogen (secondary N) is 1. The monoisotopic (exact) mass is 386 g/mol. The zero-order chi connectivity index (χ0) is 19.4. The number of ether oxygens (including phenoxy) is 1. The van der Waals surface area contributed by atoms with Gasteiger partial charge in [0.2, 0.25) is 0 Å². The number of halogens is 1. The van der Waals surface area contributed by atoms with E-state index in [1.165, 1.54) is 0 Å². The topological polar surface area (TPSA) is 72.2 Å². The third kappa shape index (κ3) is 4.78. The molecular formula is C20H23ClN4O2. The van der Waals surface area contributed by atoms with E-state index in [9.17, 15) is 5.11 Å². The average Bonchev–Trinajstić information content (AvgIpc) is 3.03. The van der Waals surface area contributed by atoms with E-state index in [1.807, 2.05) is 42.8 Å².